The van der Waals surface area contributed by atoms with Gasteiger partial charge < -0.3 is 128 Å². The summed E-state index contributed by atoms with van der Waals surface area (Å²) in [5.41, 5.74) is 21.1. The first-order valence-electron chi connectivity index (χ1n) is 41.2. The molecule has 3 aromatic heterocycles. The molecular formula is C101H105Cl3N5O19+. The number of quaternary nitrogens is 1. The Bertz CT molecular complexity index is 6320. The van der Waals surface area contributed by atoms with Gasteiger partial charge in [-0.15, -0.1) is 0 Å². The van der Waals surface area contributed by atoms with Crippen molar-refractivity contribution in [3.05, 3.63) is 244 Å². The summed E-state index contributed by atoms with van der Waals surface area (Å²) in [5, 5.41) is 20.7. The minimum Gasteiger partial charge on any atom is -1.00 e. The molecular weight excluding hydrogens is 1690 g/mol. The molecule has 0 fully saturated rings. The predicted octanol–water partition coefficient (Wildman–Crippen LogP) is 5.43. The van der Waals surface area contributed by atoms with Crippen LogP contribution in [0.1, 0.15) is 94.6 Å². The normalized spacial score (nSPS) is 15.0. The first kappa shape index (κ1) is 94.3. The minimum atomic E-state index is 0. The lowest BCUT2D eigenvalue weighted by Gasteiger charge is -2.43. The van der Waals surface area contributed by atoms with Crippen molar-refractivity contribution in [1.82, 2.24) is 0 Å². The first-order valence-corrected chi connectivity index (χ1v) is 41.2. The summed E-state index contributed by atoms with van der Waals surface area (Å²) in [6.45, 7) is 8.79. The fraction of sp³-hybridized carbons (Fsp3) is 0.297. The number of hydrogen-bond donors (Lipinski definition) is 2. The smallest absolute Gasteiger partial charge is 0.231 e. The molecule has 0 saturated heterocycles. The van der Waals surface area contributed by atoms with Crippen LogP contribution in [0, 0.1) is 11.3 Å². The molecule has 3 unspecified atom stereocenters. The molecule has 0 spiro atoms. The molecule has 0 aliphatic carbocycles. The number of halogens is 3. The van der Waals surface area contributed by atoms with Crippen LogP contribution in [0.4, 0.5) is 0 Å². The van der Waals surface area contributed by atoms with Gasteiger partial charge in [0, 0.05) is 80.7 Å². The molecule has 3 atom stereocenters. The van der Waals surface area contributed by atoms with E-state index in [-0.39, 0.29) is 69.5 Å². The van der Waals surface area contributed by atoms with Gasteiger partial charge in [-0.05, 0) is 154 Å². The molecule has 9 aliphatic rings. The van der Waals surface area contributed by atoms with E-state index >= 15 is 0 Å². The Kier molecular flexibility index (Phi) is 30.4. The number of hydrogen-bond acceptors (Lipinski definition) is 19. The highest BCUT2D eigenvalue weighted by atomic mass is 35.5. The molecule has 0 amide bonds. The summed E-state index contributed by atoms with van der Waals surface area (Å²) < 4.78 is 97.0. The summed E-state index contributed by atoms with van der Waals surface area (Å²) in [7, 11) is 14.4. The van der Waals surface area contributed by atoms with E-state index in [4.69, 9.17) is 86.2 Å². The van der Waals surface area contributed by atoms with Crippen LogP contribution < -0.4 is 132 Å². The van der Waals surface area contributed by atoms with Crippen molar-refractivity contribution in [2.24, 2.45) is 0 Å². The fourth-order valence-electron chi connectivity index (χ4n) is 19.1. The number of aliphatic hydroxyl groups excluding tert-OH is 1. The molecule has 668 valence electrons. The lowest BCUT2D eigenvalue weighted by molar-refractivity contribution is -0.951. The van der Waals surface area contributed by atoms with E-state index < -0.39 is 0 Å². The van der Waals surface area contributed by atoms with Crippen LogP contribution in [0.5, 0.6) is 92.0 Å². The van der Waals surface area contributed by atoms with Gasteiger partial charge in [0.2, 0.25) is 49.9 Å². The second-order valence-corrected chi connectivity index (χ2v) is 30.9. The minimum absolute atomic E-state index is 0. The Morgan fingerprint density at radius 1 is 0.469 bits per heavy atom. The maximum Gasteiger partial charge on any atom is 0.231 e. The van der Waals surface area contributed by atoms with Crippen molar-refractivity contribution < 1.29 is 147 Å². The van der Waals surface area contributed by atoms with Crippen molar-refractivity contribution in [3.63, 3.8) is 0 Å². The van der Waals surface area contributed by atoms with Gasteiger partial charge in [-0.2, -0.15) is 19.0 Å². The number of Topliss-reactive ketones (excluding diaryl/α,β-unsaturated/α-hetero) is 1. The molecule has 24 nitrogen and oxygen atoms in total. The van der Waals surface area contributed by atoms with Crippen LogP contribution in [0.15, 0.2) is 182 Å². The third kappa shape index (κ3) is 17.7. The Labute approximate surface area is 763 Å². The summed E-state index contributed by atoms with van der Waals surface area (Å²) >= 11 is 0. The van der Waals surface area contributed by atoms with Crippen molar-refractivity contribution in [2.75, 3.05) is 97.7 Å². The lowest BCUT2D eigenvalue weighted by atomic mass is 9.73. The Balaban J connectivity index is 0.000000151. The highest BCUT2D eigenvalue weighted by Gasteiger charge is 2.46. The zero-order chi connectivity index (χ0) is 85.1. The molecule has 0 bridgehead atoms. The number of aromatic nitrogens is 3. The largest absolute Gasteiger partial charge is 1.00 e. The lowest BCUT2D eigenvalue weighted by Crippen LogP contribution is -3.13. The molecule has 0 saturated carbocycles. The molecule has 27 heteroatoms. The number of aryl methyl sites for hydroxylation is 5. The second kappa shape index (κ2) is 41.3. The van der Waals surface area contributed by atoms with Crippen LogP contribution >= 0.6 is 0 Å². The van der Waals surface area contributed by atoms with E-state index in [1.807, 2.05) is 30.3 Å². The second-order valence-electron chi connectivity index (χ2n) is 30.9. The molecule has 9 aliphatic heterocycles. The van der Waals surface area contributed by atoms with Gasteiger partial charge in [-0.25, -0.2) is 0 Å². The van der Waals surface area contributed by atoms with Crippen molar-refractivity contribution in [1.29, 1.82) is 5.26 Å². The van der Waals surface area contributed by atoms with Gasteiger partial charge in [-0.1, -0.05) is 74.2 Å². The molecule has 12 heterocycles. The molecule has 128 heavy (non-hydrogen) atoms. The quantitative estimate of drug-likeness (QED) is 0.129. The maximum absolute atomic E-state index is 12.2. The van der Waals surface area contributed by atoms with Crippen molar-refractivity contribution >= 4 is 38.1 Å². The summed E-state index contributed by atoms with van der Waals surface area (Å²) in [6, 6.07) is 61.3. The standard InChI is InChI=1S/C27H27NO4.C27H24NO4.C23H22NO5.C20H18NO4.C2H3N.CH4O.CH4.3ClH.H2O/c2*1-29-23-9-8-19-21(12-17-6-4-3-5-7-17)26-20-14-25-24(31-16-32-25)13-18(20)10-11-28(26)15-22(19)27(23)30-2;1-13(25)8-18-22-15(4-5-19(26-2)23(22)27-3)9-17-16-11-21-20(28-12-29-21)10-14(16)6-7-24(17)18;1-22-17-4-3-12-7-16-14-9-19-18(24-11-25-19)8-13(14)5-6-21(16)10-15(12)20(17)23-2;1-2-3;1-2;;;;;/h3-9,13-14,21,26H,10-12,15-16H2,1-2H3;3-9,13-15H,10-12,16H2,1-2H3;4-5,9-11H,6-8,12H2,1-3H3;3-4,7-10H,5-6,11H2,1-2H3;1H3;2H,1H3;1H4;3*1H;1H2/q;3*+1;;;;;;;/p-2. The zero-order valence-corrected chi connectivity index (χ0v) is 74.9. The molecule has 13 aromatic rings. The van der Waals surface area contributed by atoms with Crippen LogP contribution in [-0.4, -0.2) is 114 Å². The molecule has 10 aromatic carbocycles. The third-order valence-corrected chi connectivity index (χ3v) is 24.5. The Hall–Kier alpha value is -12.9. The van der Waals surface area contributed by atoms with E-state index in [0.717, 1.165) is 203 Å². The van der Waals surface area contributed by atoms with Crippen LogP contribution in [0.25, 0.3) is 66.1 Å². The number of benzene rings is 10. The highest BCUT2D eigenvalue weighted by molar-refractivity contribution is 5.98. The van der Waals surface area contributed by atoms with Gasteiger partial charge >= 0.3 is 0 Å². The van der Waals surface area contributed by atoms with Crippen molar-refractivity contribution in [2.45, 2.75) is 104 Å². The van der Waals surface area contributed by atoms with E-state index in [1.54, 1.807) is 74.8 Å². The van der Waals surface area contributed by atoms with Gasteiger partial charge in [0.05, 0.1) is 114 Å². The van der Waals surface area contributed by atoms with Crippen molar-refractivity contribution in [3.8, 4) is 132 Å². The first-order chi connectivity index (χ1) is 60.3. The number of nitrogens with zero attached hydrogens (tertiary/aromatic N) is 4. The number of ketones is 1. The fourth-order valence-corrected chi connectivity index (χ4v) is 19.1. The van der Waals surface area contributed by atoms with Crippen LogP contribution in [0.2, 0.25) is 0 Å². The number of aliphatic hydroxyl groups is 1. The third-order valence-electron chi connectivity index (χ3n) is 24.5. The molecule has 4 N–H and O–H groups in total. The number of ether oxygens (including phenoxy) is 16. The number of pyridine rings is 3. The number of nitriles is 1. The van der Waals surface area contributed by atoms with E-state index in [0.29, 0.717) is 43.5 Å². The number of rotatable bonds is 14. The summed E-state index contributed by atoms with van der Waals surface area (Å²) in [4.78, 5) is 13.8. The Morgan fingerprint density at radius 3 is 1.47 bits per heavy atom. The topological polar surface area (TPSA) is 256 Å². The van der Waals surface area contributed by atoms with E-state index in [2.05, 4.69) is 166 Å². The number of carbonyl (C=O) groups excluding carboxylic acids is 1. The number of carbonyl (C=O) groups is 1. The van der Waals surface area contributed by atoms with Gasteiger partial charge in [0.15, 0.2) is 124 Å². The van der Waals surface area contributed by atoms with Gasteiger partial charge in [0.25, 0.3) is 0 Å². The van der Waals surface area contributed by atoms with E-state index in [1.165, 1.54) is 90.5 Å². The average molecular weight is 1800 g/mol. The predicted molar refractivity (Wildman–Crippen MR) is 472 cm³/mol. The highest BCUT2D eigenvalue weighted by Crippen LogP contribution is 2.51. The summed E-state index contributed by atoms with van der Waals surface area (Å²) in [6.07, 6.45) is 10.3. The summed E-state index contributed by atoms with van der Waals surface area (Å²) in [5.74, 6) is 13.1. The maximum atomic E-state index is 12.2. The van der Waals surface area contributed by atoms with Gasteiger partial charge in [0.1, 0.15) is 18.4 Å². The molecule has 0 radical (unpaired) electrons. The number of nitrogens with one attached hydrogen (secondary N) is 1. The number of fused-ring (bicyclic) bond motifs is 20. The monoisotopic (exact) mass is 1800 g/mol. The average Bonchev–Trinajstić information content (AvgIpc) is 1.00. The van der Waals surface area contributed by atoms with E-state index in [9.17, 15) is 4.79 Å². The zero-order valence-electron chi connectivity index (χ0n) is 72.6. The Morgan fingerprint density at radius 2 is 0.914 bits per heavy atom. The van der Waals surface area contributed by atoms with Gasteiger partial charge in [-0.3, -0.25) is 4.79 Å². The molecule has 22 rings (SSSR count). The van der Waals surface area contributed by atoms with Crippen LogP contribution in [-0.2, 0) is 75.9 Å². The SMILES string of the molecule is C.CC#N.CO.COc1ccc2c(Cc3ccccc3)c3[n+](cc2c1OC)CCc1cc2c(cc1-3)OCO2.COc1ccc2c(c1OC)C[NH+]1CCc3cc4c(cc3C1C2Cc1ccccc1)OCO4.COc1ccc2cc3[n+](c(CC(C)=O)c2c1OC)CCc1cc2c(cc1-3)OCO2.COc1ccc2cc3[n+](cc2c1OC)CCc1cc2c(cc1-3)OCO2.O.[Cl-].[Cl-].[Cl-]. The number of methoxy groups -OCH3 is 8. The van der Waals surface area contributed by atoms with Crippen LogP contribution in [0.3, 0.4) is 0 Å².